The Kier molecular flexibility index (Phi) is 5.86. The number of hydrogen-bond donors (Lipinski definition) is 0. The van der Waals surface area contributed by atoms with E-state index in [1.54, 1.807) is 0 Å². The van der Waals surface area contributed by atoms with Gasteiger partial charge >= 0.3 is 10.9 Å². The fourth-order valence-electron chi connectivity index (χ4n) is 1.95. The molecule has 0 aliphatic carbocycles. The molecule has 0 spiro atoms. The number of benzene rings is 1. The molecule has 0 fully saturated rings. The summed E-state index contributed by atoms with van der Waals surface area (Å²) >= 11 is 22.3. The minimum atomic E-state index is -4.74. The minimum Gasteiger partial charge on any atom is -0.302 e. The number of alkyl halides is 6. The van der Waals surface area contributed by atoms with Gasteiger partial charge in [0, 0.05) is 6.20 Å². The van der Waals surface area contributed by atoms with Gasteiger partial charge in [-0.2, -0.15) is 27.2 Å². The van der Waals surface area contributed by atoms with Crippen LogP contribution in [0.4, 0.5) is 22.0 Å². The Balaban J connectivity index is 2.74. The Morgan fingerprint density at radius 1 is 1.08 bits per heavy atom. The van der Waals surface area contributed by atoms with Crippen molar-refractivity contribution >= 4 is 57.2 Å². The van der Waals surface area contributed by atoms with E-state index in [0.29, 0.717) is 12.1 Å². The van der Waals surface area contributed by atoms with Crippen molar-refractivity contribution in [2.45, 2.75) is 15.8 Å². The van der Waals surface area contributed by atoms with Crippen LogP contribution < -0.4 is 0 Å². The molecule has 1 atom stereocenters. The number of halogens is 9. The summed E-state index contributed by atoms with van der Waals surface area (Å²) in [5.41, 5.74) is -2.09. The van der Waals surface area contributed by atoms with Crippen molar-refractivity contribution in [3.63, 3.8) is 0 Å². The molecule has 2 rings (SSSR count). The van der Waals surface area contributed by atoms with E-state index in [1.165, 1.54) is 6.07 Å². The average molecular weight is 472 g/mol. The number of aromatic nitrogens is 1. The van der Waals surface area contributed by atoms with Gasteiger partial charge in [0.15, 0.2) is 0 Å². The van der Waals surface area contributed by atoms with Crippen molar-refractivity contribution < 1.29 is 26.2 Å². The van der Waals surface area contributed by atoms with E-state index in [-0.39, 0.29) is 5.69 Å². The fourth-order valence-corrected chi connectivity index (χ4v) is 3.98. The Bertz CT molecular complexity index is 923. The molecule has 140 valence electrons. The van der Waals surface area contributed by atoms with E-state index in [1.807, 2.05) is 0 Å². The summed E-state index contributed by atoms with van der Waals surface area (Å²) in [6.07, 6.45) is -3.99. The number of hydrogen-bond acceptors (Lipinski definition) is 2. The third-order valence-electron chi connectivity index (χ3n) is 3.02. The minimum absolute atomic E-state index is 0.316. The van der Waals surface area contributed by atoms with Crippen LogP contribution in [0.1, 0.15) is 11.1 Å². The van der Waals surface area contributed by atoms with E-state index in [4.69, 9.17) is 51.7 Å². The van der Waals surface area contributed by atoms with Crippen molar-refractivity contribution in [3.05, 3.63) is 44.7 Å². The van der Waals surface area contributed by atoms with Crippen molar-refractivity contribution in [2.24, 2.45) is 0 Å². The second-order valence-corrected chi connectivity index (χ2v) is 8.00. The van der Waals surface area contributed by atoms with Crippen LogP contribution in [0.2, 0.25) is 15.2 Å². The molecule has 26 heavy (non-hydrogen) atoms. The summed E-state index contributed by atoms with van der Waals surface area (Å²) in [6, 6.07) is 2.56. The van der Waals surface area contributed by atoms with Crippen LogP contribution in [0, 0.1) is 11.3 Å². The normalized spacial score (nSPS) is 13.5. The van der Waals surface area contributed by atoms with Crippen molar-refractivity contribution in [3.8, 4) is 11.8 Å². The summed E-state index contributed by atoms with van der Waals surface area (Å²) in [5, 5.41) is 7.50. The maximum Gasteiger partial charge on any atom is 0.416 e. The van der Waals surface area contributed by atoms with Gasteiger partial charge in [0.1, 0.15) is 27.6 Å². The lowest BCUT2D eigenvalue weighted by atomic mass is 10.2. The van der Waals surface area contributed by atoms with Crippen LogP contribution in [-0.2, 0) is 17.0 Å². The van der Waals surface area contributed by atoms with E-state index >= 15 is 0 Å². The molecule has 1 aromatic heterocycles. The SMILES string of the molecule is N#Cc1c(S(=O)C(F)(F)Cl)cn(-c2c(Cl)cc(C(F)(F)F)cc2Cl)c1Cl. The lowest BCUT2D eigenvalue weighted by Crippen LogP contribution is -2.15. The Hall–Kier alpha value is -1.05. The highest BCUT2D eigenvalue weighted by atomic mass is 35.5. The molecule has 0 aliphatic heterocycles. The predicted octanol–water partition coefficient (Wildman–Crippen LogP) is 6.22. The van der Waals surface area contributed by atoms with Gasteiger partial charge in [0.2, 0.25) is 0 Å². The molecule has 2 aromatic rings. The van der Waals surface area contributed by atoms with Crippen molar-refractivity contribution in [2.75, 3.05) is 0 Å². The first-order valence-electron chi connectivity index (χ1n) is 6.15. The Morgan fingerprint density at radius 3 is 1.96 bits per heavy atom. The van der Waals surface area contributed by atoms with Gasteiger partial charge in [-0.15, -0.1) is 0 Å². The molecule has 0 saturated heterocycles. The zero-order chi connectivity index (χ0) is 20.0. The summed E-state index contributed by atoms with van der Waals surface area (Å²) in [4.78, 5) is -0.732. The third-order valence-corrected chi connectivity index (χ3v) is 5.51. The van der Waals surface area contributed by atoms with Crippen LogP contribution in [0.25, 0.3) is 5.69 Å². The van der Waals surface area contributed by atoms with Gasteiger partial charge in [-0.1, -0.05) is 34.8 Å². The van der Waals surface area contributed by atoms with Gasteiger partial charge in [-0.05, 0) is 23.7 Å². The first-order chi connectivity index (χ1) is 11.8. The van der Waals surface area contributed by atoms with Crippen LogP contribution in [0.5, 0.6) is 0 Å². The van der Waals surface area contributed by atoms with E-state index in [9.17, 15) is 26.2 Å². The molecule has 0 radical (unpaired) electrons. The molecule has 1 aromatic carbocycles. The molecule has 13 heteroatoms. The second-order valence-electron chi connectivity index (χ2n) is 4.64. The molecular weight excluding hydrogens is 469 g/mol. The van der Waals surface area contributed by atoms with Crippen LogP contribution in [0.3, 0.4) is 0 Å². The Morgan fingerprint density at radius 2 is 1.58 bits per heavy atom. The standard InChI is InChI=1S/C13H3Cl4F5N2OS/c14-7-1-5(12(18,19)20)2-8(15)10(7)24-4-9(6(3-23)11(24)16)26(25)13(17,21)22/h1-2,4H. The second kappa shape index (κ2) is 7.17. The molecule has 3 nitrogen and oxygen atoms in total. The summed E-state index contributed by atoms with van der Waals surface area (Å²) in [5.74, 6) is 0. The van der Waals surface area contributed by atoms with Gasteiger partial charge in [0.05, 0.1) is 26.2 Å². The van der Waals surface area contributed by atoms with Gasteiger partial charge < -0.3 is 4.57 Å². The zero-order valence-electron chi connectivity index (χ0n) is 11.8. The van der Waals surface area contributed by atoms with Gasteiger partial charge in [-0.25, -0.2) is 4.21 Å². The highest BCUT2D eigenvalue weighted by Gasteiger charge is 2.39. The quantitative estimate of drug-likeness (QED) is 0.393. The lowest BCUT2D eigenvalue weighted by molar-refractivity contribution is -0.137. The molecule has 1 unspecified atom stereocenters. The van der Waals surface area contributed by atoms with E-state index < -0.39 is 52.9 Å². The van der Waals surface area contributed by atoms with Crippen LogP contribution >= 0.6 is 46.4 Å². The molecule has 0 saturated carbocycles. The topological polar surface area (TPSA) is 45.8 Å². The molecule has 0 aliphatic rings. The van der Waals surface area contributed by atoms with Gasteiger partial charge in [-0.3, -0.25) is 0 Å². The third kappa shape index (κ3) is 3.94. The van der Waals surface area contributed by atoms with Gasteiger partial charge in [0.25, 0.3) is 0 Å². The largest absolute Gasteiger partial charge is 0.416 e. The first kappa shape index (κ1) is 21.3. The van der Waals surface area contributed by atoms with E-state index in [2.05, 4.69) is 0 Å². The van der Waals surface area contributed by atoms with Crippen molar-refractivity contribution in [1.29, 1.82) is 5.26 Å². The van der Waals surface area contributed by atoms with Crippen molar-refractivity contribution in [1.82, 2.24) is 4.57 Å². The number of rotatable bonds is 3. The zero-order valence-corrected chi connectivity index (χ0v) is 15.7. The summed E-state index contributed by atoms with van der Waals surface area (Å²) in [7, 11) is -3.17. The predicted molar refractivity (Wildman–Crippen MR) is 87.7 cm³/mol. The summed E-state index contributed by atoms with van der Waals surface area (Å²) < 4.78 is 73.0. The molecule has 0 bridgehead atoms. The molecule has 0 amide bonds. The number of nitrogens with zero attached hydrogens (tertiary/aromatic N) is 2. The highest BCUT2D eigenvalue weighted by molar-refractivity contribution is 7.87. The lowest BCUT2D eigenvalue weighted by Gasteiger charge is -2.14. The number of nitriles is 1. The fraction of sp³-hybridized carbons (Fsp3) is 0.154. The van der Waals surface area contributed by atoms with E-state index in [0.717, 1.165) is 10.8 Å². The first-order valence-corrected chi connectivity index (χ1v) is 8.81. The maximum absolute atomic E-state index is 13.1. The Labute approximate surface area is 165 Å². The van der Waals surface area contributed by atoms with Crippen LogP contribution in [0.15, 0.2) is 23.2 Å². The smallest absolute Gasteiger partial charge is 0.302 e. The van der Waals surface area contributed by atoms with Crippen LogP contribution in [-0.4, -0.2) is 13.5 Å². The molecule has 1 heterocycles. The monoisotopic (exact) mass is 470 g/mol. The summed E-state index contributed by atoms with van der Waals surface area (Å²) in [6.45, 7) is 0. The highest BCUT2D eigenvalue weighted by Crippen LogP contribution is 2.41. The average Bonchev–Trinajstić information content (AvgIpc) is 2.80. The maximum atomic E-state index is 13.1. The molecule has 0 N–H and O–H groups in total. The molecular formula is C13H3Cl4F5N2OS.